The summed E-state index contributed by atoms with van der Waals surface area (Å²) in [6.07, 6.45) is 9.09. The maximum atomic E-state index is 12.3. The molecule has 0 spiro atoms. The Morgan fingerprint density at radius 2 is 2.09 bits per heavy atom. The molecule has 0 aromatic carbocycles. The van der Waals surface area contributed by atoms with E-state index in [0.29, 0.717) is 17.3 Å². The number of thiazole rings is 1. The number of nitrogens with zero attached hydrogens (tertiary/aromatic N) is 2. The molecule has 0 amide bonds. The molecule has 3 atom stereocenters. The van der Waals surface area contributed by atoms with Gasteiger partial charge in [-0.25, -0.2) is 4.98 Å². The van der Waals surface area contributed by atoms with Crippen molar-refractivity contribution in [2.45, 2.75) is 62.8 Å². The molecule has 1 aromatic rings. The molecular weight excluding hydrogens is 314 g/mol. The van der Waals surface area contributed by atoms with Crippen molar-refractivity contribution in [3.63, 3.8) is 0 Å². The number of rotatable bonds is 5. The van der Waals surface area contributed by atoms with E-state index >= 15 is 0 Å². The van der Waals surface area contributed by atoms with Crippen molar-refractivity contribution in [3.8, 4) is 0 Å². The van der Waals surface area contributed by atoms with Crippen LogP contribution in [0, 0.1) is 0 Å². The summed E-state index contributed by atoms with van der Waals surface area (Å²) in [6.45, 7) is 4.22. The van der Waals surface area contributed by atoms with Gasteiger partial charge in [-0.2, -0.15) is 0 Å². The smallest absolute Gasteiger partial charge is 0.185 e. The number of piperidine rings is 1. The predicted octanol–water partition coefficient (Wildman–Crippen LogP) is 2.78. The summed E-state index contributed by atoms with van der Waals surface area (Å²) in [5.74, 6) is 0.797. The van der Waals surface area contributed by atoms with Crippen LogP contribution < -0.4 is 10.2 Å². The van der Waals surface area contributed by atoms with Crippen molar-refractivity contribution in [2.75, 3.05) is 23.7 Å². The third kappa shape index (κ3) is 3.89. The van der Waals surface area contributed by atoms with Gasteiger partial charge in [-0.15, -0.1) is 11.3 Å². The Morgan fingerprint density at radius 3 is 2.77 bits per heavy atom. The summed E-state index contributed by atoms with van der Waals surface area (Å²) in [4.78, 5) is 6.81. The average molecular weight is 342 g/mol. The minimum absolute atomic E-state index is 0.371. The molecule has 1 N–H and O–H groups in total. The van der Waals surface area contributed by atoms with Crippen LogP contribution in [0.4, 0.5) is 5.13 Å². The number of nitrogens with one attached hydrogen (secondary N) is 1. The van der Waals surface area contributed by atoms with Crippen LogP contribution in [-0.4, -0.2) is 45.4 Å². The zero-order chi connectivity index (χ0) is 15.4. The average Bonchev–Trinajstić information content (AvgIpc) is 3.10. The highest BCUT2D eigenvalue weighted by atomic mass is 32.2. The van der Waals surface area contributed by atoms with E-state index in [0.717, 1.165) is 30.4 Å². The first-order valence-electron chi connectivity index (χ1n) is 8.55. The molecule has 2 fully saturated rings. The molecule has 0 unspecified atom stereocenters. The van der Waals surface area contributed by atoms with Gasteiger partial charge in [0.1, 0.15) is 0 Å². The summed E-state index contributed by atoms with van der Waals surface area (Å²) < 4.78 is 12.3. The largest absolute Gasteiger partial charge is 0.348 e. The summed E-state index contributed by atoms with van der Waals surface area (Å²) in [5.41, 5.74) is 0. The lowest BCUT2D eigenvalue weighted by molar-refractivity contribution is 0.311. The zero-order valence-corrected chi connectivity index (χ0v) is 15.0. The van der Waals surface area contributed by atoms with Crippen molar-refractivity contribution >= 4 is 27.3 Å². The normalized spacial score (nSPS) is 28.7. The number of anilines is 1. The van der Waals surface area contributed by atoms with Crippen LogP contribution in [0.1, 0.15) is 45.4 Å². The molecule has 6 heteroatoms. The Bertz CT molecular complexity index is 472. The summed E-state index contributed by atoms with van der Waals surface area (Å²) >= 11 is 1.73. The van der Waals surface area contributed by atoms with Gasteiger partial charge in [-0.05, 0) is 25.7 Å². The lowest BCUT2D eigenvalue weighted by Gasteiger charge is -2.38. The van der Waals surface area contributed by atoms with E-state index in [1.54, 1.807) is 11.3 Å². The summed E-state index contributed by atoms with van der Waals surface area (Å²) in [7, 11) is -0.660. The Kier molecular flexibility index (Phi) is 5.88. The third-order valence-electron chi connectivity index (χ3n) is 4.96. The molecule has 0 bridgehead atoms. The Labute approximate surface area is 140 Å². The van der Waals surface area contributed by atoms with Crippen LogP contribution in [0.15, 0.2) is 11.6 Å². The van der Waals surface area contributed by atoms with Gasteiger partial charge in [0.2, 0.25) is 0 Å². The molecule has 124 valence electrons. The molecular formula is C16H27N3OS2. The maximum absolute atomic E-state index is 12.3. The molecule has 2 aliphatic rings. The van der Waals surface area contributed by atoms with E-state index in [9.17, 15) is 4.21 Å². The van der Waals surface area contributed by atoms with Crippen LogP contribution in [0.2, 0.25) is 0 Å². The standard InChI is InChI=1S/C16H27N3OS2/c1-2-22(20)15-6-4-3-5-14(15)18-13-7-10-19(11-8-13)16-17-9-12-21-16/h9,12-15,18H,2-8,10-11H2,1H3/t14-,15-,22+/m0/s1. The lowest BCUT2D eigenvalue weighted by Crippen LogP contribution is -2.52. The van der Waals surface area contributed by atoms with Crippen molar-refractivity contribution in [1.29, 1.82) is 0 Å². The quantitative estimate of drug-likeness (QED) is 0.894. The molecule has 1 saturated carbocycles. The topological polar surface area (TPSA) is 45.2 Å². The van der Waals surface area contributed by atoms with E-state index in [1.807, 2.05) is 18.5 Å². The molecule has 3 rings (SSSR count). The van der Waals surface area contributed by atoms with Crippen molar-refractivity contribution in [3.05, 3.63) is 11.6 Å². The minimum atomic E-state index is -0.660. The van der Waals surface area contributed by atoms with Crippen LogP contribution in [-0.2, 0) is 10.8 Å². The fourth-order valence-electron chi connectivity index (χ4n) is 3.73. The SMILES string of the molecule is CC[S@@](=O)[C@H]1CCCC[C@@H]1NC1CCN(c2nccs2)CC1. The third-order valence-corrected chi connectivity index (χ3v) is 7.60. The van der Waals surface area contributed by atoms with E-state index in [1.165, 1.54) is 32.1 Å². The van der Waals surface area contributed by atoms with E-state index in [2.05, 4.69) is 15.2 Å². The first-order valence-corrected chi connectivity index (χ1v) is 10.8. The molecule has 4 nitrogen and oxygen atoms in total. The highest BCUT2D eigenvalue weighted by Crippen LogP contribution is 2.26. The van der Waals surface area contributed by atoms with E-state index < -0.39 is 10.8 Å². The van der Waals surface area contributed by atoms with E-state index in [4.69, 9.17) is 0 Å². The highest BCUT2D eigenvalue weighted by molar-refractivity contribution is 7.85. The fraction of sp³-hybridized carbons (Fsp3) is 0.812. The van der Waals surface area contributed by atoms with Gasteiger partial charge in [0.15, 0.2) is 5.13 Å². The first-order chi connectivity index (χ1) is 10.8. The van der Waals surface area contributed by atoms with E-state index in [-0.39, 0.29) is 0 Å². The van der Waals surface area contributed by atoms with Crippen LogP contribution in [0.25, 0.3) is 0 Å². The van der Waals surface area contributed by atoms with Crippen LogP contribution in [0.3, 0.4) is 0 Å². The molecule has 1 aromatic heterocycles. The molecule has 2 heterocycles. The van der Waals surface area contributed by atoms with Crippen LogP contribution >= 0.6 is 11.3 Å². The number of aromatic nitrogens is 1. The van der Waals surface area contributed by atoms with Gasteiger partial charge in [-0.3, -0.25) is 4.21 Å². The Hall–Kier alpha value is -0.460. The van der Waals surface area contributed by atoms with Gasteiger partial charge in [0, 0.05) is 53.3 Å². The predicted molar refractivity (Wildman–Crippen MR) is 95.2 cm³/mol. The fourth-order valence-corrected chi connectivity index (χ4v) is 5.86. The summed E-state index contributed by atoms with van der Waals surface area (Å²) in [5, 5.41) is 7.43. The maximum Gasteiger partial charge on any atom is 0.185 e. The molecule has 1 aliphatic carbocycles. The highest BCUT2D eigenvalue weighted by Gasteiger charge is 2.31. The van der Waals surface area contributed by atoms with Gasteiger partial charge in [0.25, 0.3) is 0 Å². The minimum Gasteiger partial charge on any atom is -0.348 e. The zero-order valence-electron chi connectivity index (χ0n) is 13.4. The summed E-state index contributed by atoms with van der Waals surface area (Å²) in [6, 6.07) is 1.04. The lowest BCUT2D eigenvalue weighted by atomic mass is 9.93. The second-order valence-corrected chi connectivity index (χ2v) is 9.16. The van der Waals surface area contributed by atoms with Gasteiger partial charge in [-0.1, -0.05) is 19.8 Å². The van der Waals surface area contributed by atoms with Crippen molar-refractivity contribution in [1.82, 2.24) is 10.3 Å². The Morgan fingerprint density at radius 1 is 1.32 bits per heavy atom. The second kappa shape index (κ2) is 7.88. The number of hydrogen-bond donors (Lipinski definition) is 1. The molecule has 1 aliphatic heterocycles. The van der Waals surface area contributed by atoms with Gasteiger partial charge < -0.3 is 10.2 Å². The molecule has 22 heavy (non-hydrogen) atoms. The van der Waals surface area contributed by atoms with Crippen LogP contribution in [0.5, 0.6) is 0 Å². The molecule has 1 saturated heterocycles. The van der Waals surface area contributed by atoms with Crippen molar-refractivity contribution in [2.24, 2.45) is 0 Å². The monoisotopic (exact) mass is 341 g/mol. The second-order valence-electron chi connectivity index (χ2n) is 6.34. The number of hydrogen-bond acceptors (Lipinski definition) is 5. The van der Waals surface area contributed by atoms with Gasteiger partial charge >= 0.3 is 0 Å². The van der Waals surface area contributed by atoms with Crippen molar-refractivity contribution < 1.29 is 4.21 Å². The van der Waals surface area contributed by atoms with Gasteiger partial charge in [0.05, 0.1) is 5.25 Å². The Balaban J connectivity index is 1.52. The first kappa shape index (κ1) is 16.4. The molecule has 0 radical (unpaired) electrons.